The Balaban J connectivity index is 1.27. The van der Waals surface area contributed by atoms with E-state index in [0.717, 1.165) is 42.7 Å². The van der Waals surface area contributed by atoms with E-state index in [0.29, 0.717) is 26.1 Å². The maximum absolute atomic E-state index is 12.7. The first-order valence-electron chi connectivity index (χ1n) is 10.9. The summed E-state index contributed by atoms with van der Waals surface area (Å²) in [6.07, 6.45) is 3.09. The molecule has 4 amide bonds. The molecule has 1 atom stereocenters. The van der Waals surface area contributed by atoms with Crippen LogP contribution in [-0.4, -0.2) is 42.4 Å². The molecule has 0 radical (unpaired) electrons. The summed E-state index contributed by atoms with van der Waals surface area (Å²) in [5, 5.41) is 5.89. The Kier molecular flexibility index (Phi) is 6.50. The van der Waals surface area contributed by atoms with Crippen LogP contribution in [0.4, 0.5) is 16.2 Å². The standard InChI is InChI=1S/C24H28N4O3/c29-22-9-5-15-28(22)21-12-10-18(11-13-21)16-25-23(30)19-6-4-14-27(17-19)24(31)26-20-7-2-1-3-8-20/h1-3,7-8,10-13,19H,4-6,9,14-17H2,(H,25,30)(H,26,31)/t19-/m0/s1. The number of piperidine rings is 1. The van der Waals surface area contributed by atoms with Crippen molar-refractivity contribution in [3.63, 3.8) is 0 Å². The van der Waals surface area contributed by atoms with Gasteiger partial charge in [-0.3, -0.25) is 9.59 Å². The van der Waals surface area contributed by atoms with Crippen LogP contribution < -0.4 is 15.5 Å². The minimum Gasteiger partial charge on any atom is -0.352 e. The van der Waals surface area contributed by atoms with Crippen LogP contribution in [0.1, 0.15) is 31.2 Å². The minimum absolute atomic E-state index is 0.0315. The first-order chi connectivity index (χ1) is 15.1. The first kappa shape index (κ1) is 20.9. The van der Waals surface area contributed by atoms with Gasteiger partial charge in [-0.1, -0.05) is 30.3 Å². The zero-order valence-corrected chi connectivity index (χ0v) is 17.5. The zero-order valence-electron chi connectivity index (χ0n) is 17.5. The lowest BCUT2D eigenvalue weighted by Gasteiger charge is -2.32. The van der Waals surface area contributed by atoms with Gasteiger partial charge in [0.25, 0.3) is 0 Å². The second-order valence-corrected chi connectivity index (χ2v) is 8.11. The molecule has 0 aliphatic carbocycles. The highest BCUT2D eigenvalue weighted by Crippen LogP contribution is 2.22. The largest absolute Gasteiger partial charge is 0.352 e. The van der Waals surface area contributed by atoms with Gasteiger partial charge in [-0.15, -0.1) is 0 Å². The Hall–Kier alpha value is -3.35. The molecule has 2 aliphatic rings. The molecule has 2 aromatic rings. The summed E-state index contributed by atoms with van der Waals surface area (Å²) < 4.78 is 0. The Morgan fingerprint density at radius 3 is 2.45 bits per heavy atom. The van der Waals surface area contributed by atoms with Crippen molar-refractivity contribution in [1.82, 2.24) is 10.2 Å². The van der Waals surface area contributed by atoms with Gasteiger partial charge in [-0.25, -0.2) is 4.79 Å². The summed E-state index contributed by atoms with van der Waals surface area (Å²) in [5.74, 6) is -0.0769. The SMILES string of the molecule is O=C(NCc1ccc(N2CCCC2=O)cc1)[C@H]1CCCN(C(=O)Nc2ccccc2)C1. The third-order valence-corrected chi connectivity index (χ3v) is 5.89. The molecular formula is C24H28N4O3. The predicted molar refractivity (Wildman–Crippen MR) is 120 cm³/mol. The van der Waals surface area contributed by atoms with E-state index in [1.807, 2.05) is 54.6 Å². The van der Waals surface area contributed by atoms with E-state index in [2.05, 4.69) is 10.6 Å². The fraction of sp³-hybridized carbons (Fsp3) is 0.375. The Morgan fingerprint density at radius 2 is 1.74 bits per heavy atom. The monoisotopic (exact) mass is 420 g/mol. The van der Waals surface area contributed by atoms with Gasteiger partial charge in [0.05, 0.1) is 5.92 Å². The second kappa shape index (κ2) is 9.64. The van der Waals surface area contributed by atoms with Crippen LogP contribution in [0.25, 0.3) is 0 Å². The number of likely N-dealkylation sites (tertiary alicyclic amines) is 1. The number of carbonyl (C=O) groups excluding carboxylic acids is 3. The number of hydrogen-bond acceptors (Lipinski definition) is 3. The van der Waals surface area contributed by atoms with Crippen molar-refractivity contribution in [1.29, 1.82) is 0 Å². The fourth-order valence-corrected chi connectivity index (χ4v) is 4.15. The molecule has 31 heavy (non-hydrogen) atoms. The molecular weight excluding hydrogens is 392 g/mol. The number of benzene rings is 2. The summed E-state index contributed by atoms with van der Waals surface area (Å²) in [6, 6.07) is 16.9. The summed E-state index contributed by atoms with van der Waals surface area (Å²) in [5.41, 5.74) is 2.64. The van der Waals surface area contributed by atoms with Crippen molar-refractivity contribution in [3.05, 3.63) is 60.2 Å². The van der Waals surface area contributed by atoms with Crippen LogP contribution in [0.3, 0.4) is 0 Å². The molecule has 2 saturated heterocycles. The number of rotatable bonds is 5. The van der Waals surface area contributed by atoms with Gasteiger partial charge in [0.1, 0.15) is 0 Å². The van der Waals surface area contributed by atoms with Crippen LogP contribution in [0.5, 0.6) is 0 Å². The van der Waals surface area contributed by atoms with Gasteiger partial charge >= 0.3 is 6.03 Å². The molecule has 2 aromatic carbocycles. The Labute approximate surface area is 182 Å². The van der Waals surface area contributed by atoms with E-state index in [1.165, 1.54) is 0 Å². The molecule has 0 saturated carbocycles. The molecule has 4 rings (SSSR count). The van der Waals surface area contributed by atoms with Crippen molar-refractivity contribution >= 4 is 29.2 Å². The summed E-state index contributed by atoms with van der Waals surface area (Å²) in [6.45, 7) is 2.27. The average Bonchev–Trinajstić information content (AvgIpc) is 3.24. The lowest BCUT2D eigenvalue weighted by molar-refractivity contribution is -0.126. The van der Waals surface area contributed by atoms with Gasteiger partial charge in [0.2, 0.25) is 11.8 Å². The molecule has 2 aliphatic heterocycles. The highest BCUT2D eigenvalue weighted by atomic mass is 16.2. The number of anilines is 2. The number of carbonyl (C=O) groups is 3. The molecule has 2 N–H and O–H groups in total. The molecule has 2 heterocycles. The molecule has 2 fully saturated rings. The zero-order chi connectivity index (χ0) is 21.6. The number of urea groups is 1. The molecule has 162 valence electrons. The predicted octanol–water partition coefficient (Wildman–Crippen LogP) is 3.37. The number of nitrogens with one attached hydrogen (secondary N) is 2. The van der Waals surface area contributed by atoms with Gasteiger partial charge in [0.15, 0.2) is 0 Å². The minimum atomic E-state index is -0.211. The number of nitrogens with zero attached hydrogens (tertiary/aromatic N) is 2. The third-order valence-electron chi connectivity index (χ3n) is 5.89. The van der Waals surface area contributed by atoms with E-state index in [4.69, 9.17) is 0 Å². The van der Waals surface area contributed by atoms with Gasteiger partial charge in [-0.05, 0) is 49.1 Å². The lowest BCUT2D eigenvalue weighted by Crippen LogP contribution is -2.46. The molecule has 7 nitrogen and oxygen atoms in total. The van der Waals surface area contributed by atoms with Gasteiger partial charge in [0, 0.05) is 44.0 Å². The van der Waals surface area contributed by atoms with Crippen LogP contribution >= 0.6 is 0 Å². The van der Waals surface area contributed by atoms with E-state index >= 15 is 0 Å². The van der Waals surface area contributed by atoms with E-state index in [9.17, 15) is 14.4 Å². The molecule has 0 unspecified atom stereocenters. The highest BCUT2D eigenvalue weighted by Gasteiger charge is 2.28. The van der Waals surface area contributed by atoms with Crippen LogP contribution in [0.2, 0.25) is 0 Å². The maximum atomic E-state index is 12.7. The number of para-hydroxylation sites is 1. The number of hydrogen-bond donors (Lipinski definition) is 2. The molecule has 7 heteroatoms. The summed E-state index contributed by atoms with van der Waals surface area (Å²) in [4.78, 5) is 40.6. The quantitative estimate of drug-likeness (QED) is 0.778. The average molecular weight is 421 g/mol. The van der Waals surface area contributed by atoms with Crippen LogP contribution in [0, 0.1) is 5.92 Å². The third kappa shape index (κ3) is 5.23. The summed E-state index contributed by atoms with van der Waals surface area (Å²) >= 11 is 0. The topological polar surface area (TPSA) is 81.8 Å². The second-order valence-electron chi connectivity index (χ2n) is 8.11. The smallest absolute Gasteiger partial charge is 0.321 e. The molecule has 0 bridgehead atoms. The Morgan fingerprint density at radius 1 is 0.968 bits per heavy atom. The molecule has 0 spiro atoms. The van der Waals surface area contributed by atoms with E-state index in [1.54, 1.807) is 9.80 Å². The summed E-state index contributed by atoms with van der Waals surface area (Å²) in [7, 11) is 0. The molecule has 0 aromatic heterocycles. The maximum Gasteiger partial charge on any atom is 0.321 e. The van der Waals surface area contributed by atoms with Gasteiger partial charge in [-0.2, -0.15) is 0 Å². The van der Waals surface area contributed by atoms with E-state index in [-0.39, 0.29) is 23.8 Å². The van der Waals surface area contributed by atoms with Gasteiger partial charge < -0.3 is 20.4 Å². The first-order valence-corrected chi connectivity index (χ1v) is 10.9. The van der Waals surface area contributed by atoms with Crippen molar-refractivity contribution in [2.75, 3.05) is 29.9 Å². The van der Waals surface area contributed by atoms with Crippen molar-refractivity contribution < 1.29 is 14.4 Å². The van der Waals surface area contributed by atoms with Crippen molar-refractivity contribution in [3.8, 4) is 0 Å². The van der Waals surface area contributed by atoms with Crippen molar-refractivity contribution in [2.24, 2.45) is 5.92 Å². The lowest BCUT2D eigenvalue weighted by atomic mass is 9.97. The number of amides is 4. The van der Waals surface area contributed by atoms with E-state index < -0.39 is 0 Å². The van der Waals surface area contributed by atoms with Crippen LogP contribution in [-0.2, 0) is 16.1 Å². The highest BCUT2D eigenvalue weighted by molar-refractivity contribution is 5.95. The van der Waals surface area contributed by atoms with Crippen molar-refractivity contribution in [2.45, 2.75) is 32.2 Å². The fourth-order valence-electron chi connectivity index (χ4n) is 4.15. The normalized spacial score (nSPS) is 18.7. The Bertz CT molecular complexity index is 930. The van der Waals surface area contributed by atoms with Crippen LogP contribution in [0.15, 0.2) is 54.6 Å².